The van der Waals surface area contributed by atoms with Gasteiger partial charge in [-0.05, 0) is 58.0 Å². The van der Waals surface area contributed by atoms with Crippen LogP contribution < -0.4 is 5.32 Å². The first-order valence-corrected chi connectivity index (χ1v) is 7.30. The fourth-order valence-electron chi connectivity index (χ4n) is 2.45. The molecule has 5 nitrogen and oxygen atoms in total. The topological polar surface area (TPSA) is 64.0 Å². The number of benzene rings is 1. The molecule has 0 aliphatic heterocycles. The van der Waals surface area contributed by atoms with Gasteiger partial charge in [0.25, 0.3) is 0 Å². The SMILES string of the molecule is CC(=O)c1ccc(NC(=O)C[C@H](C)n2nc(C)cc2C)cc1. The van der Waals surface area contributed by atoms with Crippen molar-refractivity contribution in [2.24, 2.45) is 0 Å². The molecule has 1 atom stereocenters. The van der Waals surface area contributed by atoms with Gasteiger partial charge in [0.05, 0.1) is 11.7 Å². The van der Waals surface area contributed by atoms with Crippen LogP contribution >= 0.6 is 0 Å². The fourth-order valence-corrected chi connectivity index (χ4v) is 2.45. The largest absolute Gasteiger partial charge is 0.326 e. The maximum atomic E-state index is 12.1. The number of hydrogen-bond acceptors (Lipinski definition) is 3. The summed E-state index contributed by atoms with van der Waals surface area (Å²) in [6, 6.07) is 8.88. The number of aromatic nitrogens is 2. The molecule has 0 bridgehead atoms. The lowest BCUT2D eigenvalue weighted by atomic mass is 10.1. The molecule has 0 fully saturated rings. The number of carbonyl (C=O) groups excluding carboxylic acids is 2. The van der Waals surface area contributed by atoms with E-state index in [4.69, 9.17) is 0 Å². The third kappa shape index (κ3) is 3.81. The molecule has 0 aliphatic carbocycles. The molecule has 116 valence electrons. The van der Waals surface area contributed by atoms with Crippen molar-refractivity contribution in [2.75, 3.05) is 5.32 Å². The molecule has 0 saturated heterocycles. The molecule has 0 radical (unpaired) electrons. The summed E-state index contributed by atoms with van der Waals surface area (Å²) in [7, 11) is 0. The number of nitrogens with one attached hydrogen (secondary N) is 1. The Hall–Kier alpha value is -2.43. The minimum atomic E-state index is -0.0735. The van der Waals surface area contributed by atoms with Crippen molar-refractivity contribution in [3.05, 3.63) is 47.3 Å². The molecule has 0 unspecified atom stereocenters. The molecular formula is C17H21N3O2. The van der Waals surface area contributed by atoms with Crippen LogP contribution in [0.2, 0.25) is 0 Å². The van der Waals surface area contributed by atoms with Crippen molar-refractivity contribution in [1.82, 2.24) is 9.78 Å². The molecule has 5 heteroatoms. The average molecular weight is 299 g/mol. The van der Waals surface area contributed by atoms with Gasteiger partial charge < -0.3 is 5.32 Å². The van der Waals surface area contributed by atoms with Crippen LogP contribution in [0.3, 0.4) is 0 Å². The highest BCUT2D eigenvalue weighted by molar-refractivity contribution is 5.95. The van der Waals surface area contributed by atoms with Gasteiger partial charge >= 0.3 is 0 Å². The number of carbonyl (C=O) groups is 2. The molecule has 22 heavy (non-hydrogen) atoms. The third-order valence-corrected chi connectivity index (χ3v) is 3.52. The number of aryl methyl sites for hydroxylation is 2. The zero-order valence-electron chi connectivity index (χ0n) is 13.4. The molecule has 1 aromatic carbocycles. The molecule has 0 spiro atoms. The summed E-state index contributed by atoms with van der Waals surface area (Å²) in [4.78, 5) is 23.3. The summed E-state index contributed by atoms with van der Waals surface area (Å²) in [6.07, 6.45) is 0.344. The highest BCUT2D eigenvalue weighted by Gasteiger charge is 2.14. The monoisotopic (exact) mass is 299 g/mol. The Morgan fingerprint density at radius 1 is 1.23 bits per heavy atom. The Bertz CT molecular complexity index is 686. The normalized spacial score (nSPS) is 12.0. The van der Waals surface area contributed by atoms with Gasteiger partial charge in [-0.3, -0.25) is 14.3 Å². The van der Waals surface area contributed by atoms with E-state index in [9.17, 15) is 9.59 Å². The second-order valence-electron chi connectivity index (χ2n) is 5.61. The van der Waals surface area contributed by atoms with E-state index in [1.165, 1.54) is 6.92 Å². The van der Waals surface area contributed by atoms with Gasteiger partial charge in [-0.1, -0.05) is 0 Å². The van der Waals surface area contributed by atoms with E-state index in [2.05, 4.69) is 10.4 Å². The van der Waals surface area contributed by atoms with Gasteiger partial charge in [-0.2, -0.15) is 5.10 Å². The van der Waals surface area contributed by atoms with E-state index in [1.807, 2.05) is 31.5 Å². The number of Topliss-reactive ketones (excluding diaryl/α,β-unsaturated/α-hetero) is 1. The van der Waals surface area contributed by atoms with Crippen molar-refractivity contribution in [3.63, 3.8) is 0 Å². The molecule has 1 heterocycles. The van der Waals surface area contributed by atoms with Gasteiger partial charge in [0, 0.05) is 23.4 Å². The number of rotatable bonds is 5. The predicted octanol–water partition coefficient (Wildman–Crippen LogP) is 3.29. The van der Waals surface area contributed by atoms with Crippen LogP contribution in [0.1, 0.15) is 48.1 Å². The quantitative estimate of drug-likeness (QED) is 0.862. The van der Waals surface area contributed by atoms with Crippen LogP contribution in [0.5, 0.6) is 0 Å². The lowest BCUT2D eigenvalue weighted by Crippen LogP contribution is -2.19. The Morgan fingerprint density at radius 2 is 1.86 bits per heavy atom. The van der Waals surface area contributed by atoms with Crippen LogP contribution in [0.25, 0.3) is 0 Å². The van der Waals surface area contributed by atoms with E-state index in [0.29, 0.717) is 17.7 Å². The van der Waals surface area contributed by atoms with Gasteiger partial charge in [0.15, 0.2) is 5.78 Å². The summed E-state index contributed by atoms with van der Waals surface area (Å²) >= 11 is 0. The summed E-state index contributed by atoms with van der Waals surface area (Å²) in [5.41, 5.74) is 3.32. The zero-order valence-corrected chi connectivity index (χ0v) is 13.4. The number of hydrogen-bond donors (Lipinski definition) is 1. The molecule has 0 aliphatic rings. The van der Waals surface area contributed by atoms with Crippen LogP contribution in [0.4, 0.5) is 5.69 Å². The summed E-state index contributed by atoms with van der Waals surface area (Å²) < 4.78 is 1.87. The first kappa shape index (κ1) is 15.9. The molecule has 2 rings (SSSR count). The van der Waals surface area contributed by atoms with Crippen molar-refractivity contribution >= 4 is 17.4 Å². The van der Waals surface area contributed by atoms with Gasteiger partial charge in [-0.25, -0.2) is 0 Å². The molecular weight excluding hydrogens is 278 g/mol. The molecule has 1 amide bonds. The number of nitrogens with zero attached hydrogens (tertiary/aromatic N) is 2. The smallest absolute Gasteiger partial charge is 0.226 e. The number of anilines is 1. The molecule has 0 saturated carbocycles. The van der Waals surface area contributed by atoms with Crippen LogP contribution in [-0.2, 0) is 4.79 Å². The highest BCUT2D eigenvalue weighted by atomic mass is 16.1. The molecule has 2 aromatic rings. The maximum absolute atomic E-state index is 12.1. The Balaban J connectivity index is 1.97. The minimum Gasteiger partial charge on any atom is -0.326 e. The second kappa shape index (κ2) is 6.56. The molecule has 1 N–H and O–H groups in total. The first-order chi connectivity index (χ1) is 10.4. The number of amides is 1. The van der Waals surface area contributed by atoms with Crippen LogP contribution in [0.15, 0.2) is 30.3 Å². The van der Waals surface area contributed by atoms with Crippen LogP contribution in [0, 0.1) is 13.8 Å². The number of ketones is 1. The third-order valence-electron chi connectivity index (χ3n) is 3.52. The van der Waals surface area contributed by atoms with Crippen LogP contribution in [-0.4, -0.2) is 21.5 Å². The maximum Gasteiger partial charge on any atom is 0.226 e. The van der Waals surface area contributed by atoms with E-state index in [-0.39, 0.29) is 17.7 Å². The fraction of sp³-hybridized carbons (Fsp3) is 0.353. The van der Waals surface area contributed by atoms with E-state index in [1.54, 1.807) is 24.3 Å². The van der Waals surface area contributed by atoms with Crippen molar-refractivity contribution in [2.45, 2.75) is 40.2 Å². The Kier molecular flexibility index (Phi) is 4.75. The minimum absolute atomic E-state index is 0.00908. The zero-order chi connectivity index (χ0) is 16.3. The first-order valence-electron chi connectivity index (χ1n) is 7.30. The Labute approximate surface area is 130 Å². The summed E-state index contributed by atoms with van der Waals surface area (Å²) in [5.74, 6) is -0.0633. The van der Waals surface area contributed by atoms with E-state index >= 15 is 0 Å². The lowest BCUT2D eigenvalue weighted by Gasteiger charge is -2.14. The lowest BCUT2D eigenvalue weighted by molar-refractivity contribution is -0.116. The second-order valence-corrected chi connectivity index (χ2v) is 5.61. The van der Waals surface area contributed by atoms with Crippen molar-refractivity contribution < 1.29 is 9.59 Å². The average Bonchev–Trinajstić information content (AvgIpc) is 2.78. The van der Waals surface area contributed by atoms with Crippen molar-refractivity contribution in [1.29, 1.82) is 0 Å². The van der Waals surface area contributed by atoms with Crippen molar-refractivity contribution in [3.8, 4) is 0 Å². The molecule has 1 aromatic heterocycles. The summed E-state index contributed by atoms with van der Waals surface area (Å²) in [5, 5.41) is 7.24. The van der Waals surface area contributed by atoms with E-state index in [0.717, 1.165) is 11.4 Å². The van der Waals surface area contributed by atoms with E-state index < -0.39 is 0 Å². The Morgan fingerprint density at radius 3 is 2.36 bits per heavy atom. The van der Waals surface area contributed by atoms with Gasteiger partial charge in [0.1, 0.15) is 0 Å². The predicted molar refractivity (Wildman–Crippen MR) is 86.1 cm³/mol. The standard InChI is InChI=1S/C17H21N3O2/c1-11-9-12(2)20(19-11)13(3)10-17(22)18-16-7-5-15(6-8-16)14(4)21/h5-9,13H,10H2,1-4H3,(H,18,22)/t13-/m0/s1. The highest BCUT2D eigenvalue weighted by Crippen LogP contribution is 2.16. The van der Waals surface area contributed by atoms with Gasteiger partial charge in [0.2, 0.25) is 5.91 Å². The summed E-state index contributed by atoms with van der Waals surface area (Å²) in [6.45, 7) is 7.41. The van der Waals surface area contributed by atoms with Gasteiger partial charge in [-0.15, -0.1) is 0 Å².